The van der Waals surface area contributed by atoms with Gasteiger partial charge < -0.3 is 10.6 Å². The quantitative estimate of drug-likeness (QED) is 0.449. The number of rotatable bonds is 5. The molecule has 0 bridgehead atoms. The van der Waals surface area contributed by atoms with Crippen molar-refractivity contribution < 1.29 is 9.59 Å². The molecule has 0 spiro atoms. The Morgan fingerprint density at radius 1 is 0.839 bits per heavy atom. The highest BCUT2D eigenvalue weighted by Crippen LogP contribution is 2.23. The van der Waals surface area contributed by atoms with Crippen LogP contribution < -0.4 is 10.6 Å². The summed E-state index contributed by atoms with van der Waals surface area (Å²) in [6.45, 7) is 6.39. The zero-order valence-corrected chi connectivity index (χ0v) is 18.5. The lowest BCUT2D eigenvalue weighted by molar-refractivity contribution is -0.111. The molecule has 3 rings (SSSR count). The third-order valence-corrected chi connectivity index (χ3v) is 4.95. The van der Waals surface area contributed by atoms with E-state index in [4.69, 9.17) is 11.6 Å². The first-order chi connectivity index (χ1) is 14.7. The van der Waals surface area contributed by atoms with Crippen LogP contribution >= 0.6 is 11.6 Å². The van der Waals surface area contributed by atoms with Gasteiger partial charge in [-0.15, -0.1) is 0 Å². The molecule has 2 amide bonds. The molecule has 3 aromatic rings. The molecule has 31 heavy (non-hydrogen) atoms. The molecule has 0 aliphatic rings. The van der Waals surface area contributed by atoms with E-state index in [1.807, 2.05) is 36.4 Å². The normalized spacial score (nSPS) is 11.4. The van der Waals surface area contributed by atoms with Gasteiger partial charge in [0, 0.05) is 28.0 Å². The second-order valence-corrected chi connectivity index (χ2v) is 8.67. The molecule has 0 unspecified atom stereocenters. The lowest BCUT2D eigenvalue weighted by atomic mass is 9.87. The second-order valence-electron chi connectivity index (χ2n) is 8.24. The lowest BCUT2D eigenvalue weighted by Crippen LogP contribution is -2.14. The zero-order chi connectivity index (χ0) is 22.4. The van der Waals surface area contributed by atoms with Gasteiger partial charge in [0.05, 0.1) is 0 Å². The number of hydrogen-bond acceptors (Lipinski definition) is 2. The molecule has 0 aromatic heterocycles. The Kier molecular flexibility index (Phi) is 6.93. The van der Waals surface area contributed by atoms with Crippen LogP contribution in [0.15, 0.2) is 78.9 Å². The standard InChI is InChI=1S/C26H25ClN2O2/c1-26(2,3)20-12-10-19(11-13-20)25(31)29-23-6-4-5-22(17-23)28-24(30)16-9-18-7-14-21(27)15-8-18/h4-17H,1-3H3,(H,28,30)(H,29,31)/b16-9+. The highest BCUT2D eigenvalue weighted by molar-refractivity contribution is 6.30. The zero-order valence-electron chi connectivity index (χ0n) is 17.8. The third kappa shape index (κ3) is 6.56. The van der Waals surface area contributed by atoms with E-state index in [0.29, 0.717) is 22.0 Å². The molecule has 0 atom stereocenters. The van der Waals surface area contributed by atoms with Crippen molar-refractivity contribution in [1.82, 2.24) is 0 Å². The van der Waals surface area contributed by atoms with Crippen molar-refractivity contribution in [3.05, 3.63) is 101 Å². The molecule has 0 aliphatic heterocycles. The van der Waals surface area contributed by atoms with Crippen LogP contribution in [0.1, 0.15) is 42.3 Å². The number of hydrogen-bond donors (Lipinski definition) is 2. The lowest BCUT2D eigenvalue weighted by Gasteiger charge is -2.19. The van der Waals surface area contributed by atoms with Crippen LogP contribution in [-0.2, 0) is 10.2 Å². The minimum Gasteiger partial charge on any atom is -0.322 e. The van der Waals surface area contributed by atoms with Gasteiger partial charge in [0.25, 0.3) is 5.91 Å². The number of nitrogens with one attached hydrogen (secondary N) is 2. The first-order valence-corrected chi connectivity index (χ1v) is 10.3. The van der Waals surface area contributed by atoms with Crippen molar-refractivity contribution in [2.24, 2.45) is 0 Å². The van der Waals surface area contributed by atoms with Crippen molar-refractivity contribution >= 4 is 40.9 Å². The van der Waals surface area contributed by atoms with Gasteiger partial charge in [-0.25, -0.2) is 0 Å². The average molecular weight is 433 g/mol. The van der Waals surface area contributed by atoms with Crippen molar-refractivity contribution in [2.75, 3.05) is 10.6 Å². The van der Waals surface area contributed by atoms with Gasteiger partial charge in [-0.05, 0) is 65.1 Å². The Morgan fingerprint density at radius 3 is 2.06 bits per heavy atom. The molecule has 0 aliphatic carbocycles. The Hall–Kier alpha value is -3.37. The Labute approximate surface area is 188 Å². The summed E-state index contributed by atoms with van der Waals surface area (Å²) in [6, 6.07) is 21.8. The third-order valence-electron chi connectivity index (χ3n) is 4.70. The smallest absolute Gasteiger partial charge is 0.255 e. The SMILES string of the molecule is CC(C)(C)c1ccc(C(=O)Nc2cccc(NC(=O)/C=C/c3ccc(Cl)cc3)c2)cc1. The van der Waals surface area contributed by atoms with Crippen LogP contribution in [0.4, 0.5) is 11.4 Å². The van der Waals surface area contributed by atoms with E-state index in [-0.39, 0.29) is 17.2 Å². The number of carbonyl (C=O) groups excluding carboxylic acids is 2. The van der Waals surface area contributed by atoms with Crippen LogP contribution in [0.5, 0.6) is 0 Å². The van der Waals surface area contributed by atoms with E-state index in [0.717, 1.165) is 5.56 Å². The summed E-state index contributed by atoms with van der Waals surface area (Å²) in [5, 5.41) is 6.31. The fraction of sp³-hybridized carbons (Fsp3) is 0.154. The van der Waals surface area contributed by atoms with Gasteiger partial charge in [0.1, 0.15) is 0 Å². The highest BCUT2D eigenvalue weighted by atomic mass is 35.5. The van der Waals surface area contributed by atoms with Crippen LogP contribution in [0.25, 0.3) is 6.08 Å². The maximum Gasteiger partial charge on any atom is 0.255 e. The summed E-state index contributed by atoms with van der Waals surface area (Å²) < 4.78 is 0. The molecule has 2 N–H and O–H groups in total. The van der Waals surface area contributed by atoms with Gasteiger partial charge in [-0.1, -0.05) is 62.7 Å². The molecule has 0 heterocycles. The molecule has 5 heteroatoms. The number of benzene rings is 3. The highest BCUT2D eigenvalue weighted by Gasteiger charge is 2.14. The van der Waals surface area contributed by atoms with Crippen molar-refractivity contribution in [3.63, 3.8) is 0 Å². The largest absolute Gasteiger partial charge is 0.322 e. The molecule has 0 saturated heterocycles. The average Bonchev–Trinajstić information content (AvgIpc) is 2.73. The van der Waals surface area contributed by atoms with Crippen LogP contribution in [0, 0.1) is 0 Å². The number of halogens is 1. The van der Waals surface area contributed by atoms with Crippen molar-refractivity contribution in [1.29, 1.82) is 0 Å². The van der Waals surface area contributed by atoms with Gasteiger partial charge in [-0.3, -0.25) is 9.59 Å². The number of anilines is 2. The molecular weight excluding hydrogens is 408 g/mol. The fourth-order valence-electron chi connectivity index (χ4n) is 2.93. The van der Waals surface area contributed by atoms with E-state index >= 15 is 0 Å². The predicted molar refractivity (Wildman–Crippen MR) is 129 cm³/mol. The van der Waals surface area contributed by atoms with Crippen molar-refractivity contribution in [3.8, 4) is 0 Å². The molecule has 4 nitrogen and oxygen atoms in total. The van der Waals surface area contributed by atoms with Crippen molar-refractivity contribution in [2.45, 2.75) is 26.2 Å². The topological polar surface area (TPSA) is 58.2 Å². The summed E-state index contributed by atoms with van der Waals surface area (Å²) in [5.41, 5.74) is 3.84. The van der Waals surface area contributed by atoms with Crippen LogP contribution in [0.2, 0.25) is 5.02 Å². The van der Waals surface area contributed by atoms with Crippen LogP contribution in [-0.4, -0.2) is 11.8 Å². The fourth-order valence-corrected chi connectivity index (χ4v) is 3.06. The first kappa shape index (κ1) is 22.3. The molecule has 0 saturated carbocycles. The molecule has 158 valence electrons. The minimum absolute atomic E-state index is 0.0313. The predicted octanol–water partition coefficient (Wildman–Crippen LogP) is 6.54. The number of amides is 2. The molecule has 0 fully saturated rings. The summed E-state index contributed by atoms with van der Waals surface area (Å²) in [5.74, 6) is -0.470. The summed E-state index contributed by atoms with van der Waals surface area (Å²) in [7, 11) is 0. The van der Waals surface area contributed by atoms with Gasteiger partial charge >= 0.3 is 0 Å². The maximum atomic E-state index is 12.6. The summed E-state index contributed by atoms with van der Waals surface area (Å²) >= 11 is 5.86. The number of carbonyl (C=O) groups is 2. The van der Waals surface area contributed by atoms with E-state index in [2.05, 4.69) is 31.4 Å². The molecule has 3 aromatic carbocycles. The van der Waals surface area contributed by atoms with Gasteiger partial charge in [-0.2, -0.15) is 0 Å². The van der Waals surface area contributed by atoms with E-state index in [1.54, 1.807) is 42.5 Å². The minimum atomic E-state index is -0.267. The molecule has 0 radical (unpaired) electrons. The monoisotopic (exact) mass is 432 g/mol. The Balaban J connectivity index is 1.62. The van der Waals surface area contributed by atoms with E-state index in [9.17, 15) is 9.59 Å². The molecular formula is C26H25ClN2O2. The second kappa shape index (κ2) is 9.63. The summed E-state index contributed by atoms with van der Waals surface area (Å²) in [6.07, 6.45) is 3.16. The maximum absolute atomic E-state index is 12.6. The van der Waals surface area contributed by atoms with Gasteiger partial charge in [0.2, 0.25) is 5.91 Å². The van der Waals surface area contributed by atoms with Crippen LogP contribution in [0.3, 0.4) is 0 Å². The van der Waals surface area contributed by atoms with E-state index < -0.39 is 0 Å². The Morgan fingerprint density at radius 2 is 1.45 bits per heavy atom. The van der Waals surface area contributed by atoms with E-state index in [1.165, 1.54) is 11.6 Å². The first-order valence-electron chi connectivity index (χ1n) is 9.97. The summed E-state index contributed by atoms with van der Waals surface area (Å²) in [4.78, 5) is 24.8. The Bertz CT molecular complexity index is 1100. The van der Waals surface area contributed by atoms with Gasteiger partial charge in [0.15, 0.2) is 0 Å².